The van der Waals surface area contributed by atoms with Gasteiger partial charge in [-0.1, -0.05) is 23.9 Å². The van der Waals surface area contributed by atoms with Crippen molar-refractivity contribution in [3.63, 3.8) is 0 Å². The number of para-hydroxylation sites is 1. The maximum atomic E-state index is 10.6. The standard InChI is InChI=1S/C11H12N4O2S2/c1-18-8-5-3-2-4-7(8)15-10(12)13-14-11(15)19-6-9(16)17/h2-5H,6H2,1H3,(H2,12,13)(H,16,17). The lowest BCUT2D eigenvalue weighted by molar-refractivity contribution is -0.133. The molecule has 0 saturated carbocycles. The number of aliphatic carboxylic acids is 1. The molecule has 2 aromatic rings. The minimum atomic E-state index is -0.906. The third-order valence-electron chi connectivity index (χ3n) is 2.31. The van der Waals surface area contributed by atoms with Crippen LogP contribution in [0.3, 0.4) is 0 Å². The van der Waals surface area contributed by atoms with Gasteiger partial charge < -0.3 is 10.8 Å². The zero-order valence-electron chi connectivity index (χ0n) is 10.1. The van der Waals surface area contributed by atoms with Gasteiger partial charge in [0.25, 0.3) is 0 Å². The molecule has 0 unspecified atom stereocenters. The molecular weight excluding hydrogens is 284 g/mol. The lowest BCUT2D eigenvalue weighted by atomic mass is 10.3. The highest BCUT2D eigenvalue weighted by Gasteiger charge is 2.15. The molecule has 100 valence electrons. The molecule has 0 spiro atoms. The van der Waals surface area contributed by atoms with Crippen molar-refractivity contribution in [2.24, 2.45) is 0 Å². The predicted octanol–water partition coefficient (Wildman–Crippen LogP) is 1.75. The average molecular weight is 296 g/mol. The molecule has 1 aromatic carbocycles. The number of anilines is 1. The number of aromatic nitrogens is 3. The number of carbonyl (C=O) groups is 1. The number of thioether (sulfide) groups is 2. The van der Waals surface area contributed by atoms with Crippen molar-refractivity contribution in [3.05, 3.63) is 24.3 Å². The fourth-order valence-corrected chi connectivity index (χ4v) is 2.80. The van der Waals surface area contributed by atoms with E-state index in [4.69, 9.17) is 10.8 Å². The van der Waals surface area contributed by atoms with E-state index in [-0.39, 0.29) is 11.7 Å². The van der Waals surface area contributed by atoms with Crippen molar-refractivity contribution in [2.45, 2.75) is 10.1 Å². The molecule has 0 aliphatic carbocycles. The first-order valence-electron chi connectivity index (χ1n) is 5.32. The number of rotatable bonds is 5. The molecule has 0 aliphatic heterocycles. The maximum absolute atomic E-state index is 10.6. The minimum absolute atomic E-state index is 0.0838. The van der Waals surface area contributed by atoms with E-state index in [0.29, 0.717) is 5.16 Å². The van der Waals surface area contributed by atoms with Gasteiger partial charge in [-0.3, -0.25) is 9.36 Å². The number of carboxylic acid groups (broad SMARTS) is 1. The molecule has 19 heavy (non-hydrogen) atoms. The van der Waals surface area contributed by atoms with Gasteiger partial charge in [0.2, 0.25) is 5.95 Å². The van der Waals surface area contributed by atoms with E-state index in [1.165, 1.54) is 0 Å². The van der Waals surface area contributed by atoms with E-state index in [9.17, 15) is 4.79 Å². The van der Waals surface area contributed by atoms with Crippen LogP contribution in [0.5, 0.6) is 0 Å². The summed E-state index contributed by atoms with van der Waals surface area (Å²) in [4.78, 5) is 11.7. The van der Waals surface area contributed by atoms with E-state index in [0.717, 1.165) is 22.3 Å². The molecule has 0 amide bonds. The first-order valence-corrected chi connectivity index (χ1v) is 7.53. The zero-order valence-corrected chi connectivity index (χ0v) is 11.7. The summed E-state index contributed by atoms with van der Waals surface area (Å²) in [6.45, 7) is 0. The Hall–Kier alpha value is -1.67. The molecule has 0 saturated heterocycles. The second-order valence-corrected chi connectivity index (χ2v) is 5.32. The van der Waals surface area contributed by atoms with Gasteiger partial charge in [-0.25, -0.2) is 0 Å². The predicted molar refractivity (Wildman–Crippen MR) is 75.9 cm³/mol. The van der Waals surface area contributed by atoms with Crippen LogP contribution in [-0.4, -0.2) is 37.8 Å². The highest BCUT2D eigenvalue weighted by molar-refractivity contribution is 7.99. The molecule has 2 rings (SSSR count). The van der Waals surface area contributed by atoms with E-state index in [2.05, 4.69) is 10.2 Å². The van der Waals surface area contributed by atoms with Gasteiger partial charge in [0.1, 0.15) is 0 Å². The molecule has 0 atom stereocenters. The van der Waals surface area contributed by atoms with Crippen LogP contribution in [-0.2, 0) is 4.79 Å². The normalized spacial score (nSPS) is 10.6. The number of carboxylic acids is 1. The third kappa shape index (κ3) is 3.02. The Kier molecular flexibility index (Phi) is 4.33. The minimum Gasteiger partial charge on any atom is -0.481 e. The SMILES string of the molecule is CSc1ccccc1-n1c(N)nnc1SCC(=O)O. The Morgan fingerprint density at radius 1 is 1.42 bits per heavy atom. The first-order chi connectivity index (χ1) is 9.13. The Morgan fingerprint density at radius 3 is 2.84 bits per heavy atom. The molecule has 0 fully saturated rings. The fourth-order valence-electron chi connectivity index (χ4n) is 1.54. The van der Waals surface area contributed by atoms with Crippen LogP contribution >= 0.6 is 23.5 Å². The van der Waals surface area contributed by atoms with Crippen molar-refractivity contribution in [3.8, 4) is 5.69 Å². The number of benzene rings is 1. The molecule has 3 N–H and O–H groups in total. The molecule has 1 heterocycles. The lowest BCUT2D eigenvalue weighted by Gasteiger charge is -2.11. The monoisotopic (exact) mass is 296 g/mol. The van der Waals surface area contributed by atoms with E-state index in [1.54, 1.807) is 16.3 Å². The number of nitrogen functional groups attached to an aromatic ring is 1. The van der Waals surface area contributed by atoms with Gasteiger partial charge in [-0.15, -0.1) is 22.0 Å². The number of hydrogen-bond acceptors (Lipinski definition) is 6. The molecule has 1 aromatic heterocycles. The number of nitrogens with zero attached hydrogens (tertiary/aromatic N) is 3. The quantitative estimate of drug-likeness (QED) is 0.812. The Balaban J connectivity index is 2.43. The van der Waals surface area contributed by atoms with Crippen LogP contribution in [0, 0.1) is 0 Å². The van der Waals surface area contributed by atoms with Gasteiger partial charge >= 0.3 is 5.97 Å². The summed E-state index contributed by atoms with van der Waals surface area (Å²) < 4.78 is 1.67. The van der Waals surface area contributed by atoms with Crippen LogP contribution in [0.2, 0.25) is 0 Å². The molecular formula is C11H12N4O2S2. The lowest BCUT2D eigenvalue weighted by Crippen LogP contribution is -2.05. The first kappa shape index (κ1) is 13.8. The molecule has 0 aliphatic rings. The summed E-state index contributed by atoms with van der Waals surface area (Å²) in [7, 11) is 0. The highest BCUT2D eigenvalue weighted by atomic mass is 32.2. The summed E-state index contributed by atoms with van der Waals surface area (Å²) >= 11 is 2.67. The molecule has 0 bridgehead atoms. The largest absolute Gasteiger partial charge is 0.481 e. The summed E-state index contributed by atoms with van der Waals surface area (Å²) in [6.07, 6.45) is 1.96. The van der Waals surface area contributed by atoms with E-state index < -0.39 is 5.97 Å². The van der Waals surface area contributed by atoms with E-state index >= 15 is 0 Å². The number of hydrogen-bond donors (Lipinski definition) is 2. The Labute approximate surface area is 118 Å². The fraction of sp³-hybridized carbons (Fsp3) is 0.182. The van der Waals surface area contributed by atoms with Crippen molar-refractivity contribution in [1.29, 1.82) is 0 Å². The van der Waals surface area contributed by atoms with Crippen LogP contribution in [0.15, 0.2) is 34.3 Å². The van der Waals surface area contributed by atoms with Crippen LogP contribution in [0.25, 0.3) is 5.69 Å². The Morgan fingerprint density at radius 2 is 2.16 bits per heavy atom. The third-order valence-corrected chi connectivity index (χ3v) is 4.01. The molecule has 0 radical (unpaired) electrons. The van der Waals surface area contributed by atoms with Crippen molar-refractivity contribution < 1.29 is 9.90 Å². The summed E-state index contributed by atoms with van der Waals surface area (Å²) in [5.74, 6) is -0.745. The highest BCUT2D eigenvalue weighted by Crippen LogP contribution is 2.29. The average Bonchev–Trinajstić information content (AvgIpc) is 2.77. The maximum Gasteiger partial charge on any atom is 0.313 e. The van der Waals surface area contributed by atoms with Crippen molar-refractivity contribution in [1.82, 2.24) is 14.8 Å². The zero-order chi connectivity index (χ0) is 13.8. The van der Waals surface area contributed by atoms with Crippen molar-refractivity contribution in [2.75, 3.05) is 17.7 Å². The van der Waals surface area contributed by atoms with Gasteiger partial charge in [-0.2, -0.15) is 0 Å². The molecule has 8 heteroatoms. The summed E-state index contributed by atoms with van der Waals surface area (Å²) in [6, 6.07) is 7.68. The van der Waals surface area contributed by atoms with Gasteiger partial charge in [-0.05, 0) is 18.4 Å². The van der Waals surface area contributed by atoms with Crippen LogP contribution in [0.4, 0.5) is 5.95 Å². The van der Waals surface area contributed by atoms with E-state index in [1.807, 2.05) is 30.5 Å². The summed E-state index contributed by atoms with van der Waals surface area (Å²) in [5.41, 5.74) is 6.67. The van der Waals surface area contributed by atoms with Crippen LogP contribution < -0.4 is 5.73 Å². The number of nitrogens with two attached hydrogens (primary N) is 1. The van der Waals surface area contributed by atoms with Gasteiger partial charge in [0.15, 0.2) is 5.16 Å². The van der Waals surface area contributed by atoms with Crippen LogP contribution in [0.1, 0.15) is 0 Å². The second-order valence-electron chi connectivity index (χ2n) is 3.53. The Bertz CT molecular complexity index is 600. The second kappa shape index (κ2) is 5.98. The summed E-state index contributed by atoms with van der Waals surface area (Å²) in [5, 5.41) is 16.9. The van der Waals surface area contributed by atoms with Crippen molar-refractivity contribution >= 4 is 35.4 Å². The smallest absolute Gasteiger partial charge is 0.313 e. The van der Waals surface area contributed by atoms with Gasteiger partial charge in [0.05, 0.1) is 11.4 Å². The topological polar surface area (TPSA) is 94.0 Å². The molecule has 6 nitrogen and oxygen atoms in total. The van der Waals surface area contributed by atoms with Gasteiger partial charge in [0, 0.05) is 4.90 Å².